The molecule has 2 aromatic carbocycles. The Morgan fingerprint density at radius 1 is 0.900 bits per heavy atom. The zero-order chi connectivity index (χ0) is 14.2. The number of ether oxygens (including phenoxy) is 2. The Morgan fingerprint density at radius 2 is 1.60 bits per heavy atom. The average molecular weight is 279 g/mol. The molecule has 0 fully saturated rings. The first kappa shape index (κ1) is 14.1. The SMILES string of the molecule is FC(F)Oc1ccc(NCCOc2ccccc2)cc1. The quantitative estimate of drug-likeness (QED) is 0.782. The molecule has 0 spiro atoms. The summed E-state index contributed by atoms with van der Waals surface area (Å²) in [6, 6.07) is 15.9. The molecule has 1 N–H and O–H groups in total. The third kappa shape index (κ3) is 4.76. The molecule has 0 heterocycles. The molecular weight excluding hydrogens is 264 g/mol. The summed E-state index contributed by atoms with van der Waals surface area (Å²) in [5.74, 6) is 0.959. The molecule has 0 aliphatic heterocycles. The average Bonchev–Trinajstić information content (AvgIpc) is 2.46. The minimum absolute atomic E-state index is 0.145. The number of alkyl halides is 2. The van der Waals surface area contributed by atoms with Crippen molar-refractivity contribution in [2.24, 2.45) is 0 Å². The van der Waals surface area contributed by atoms with Crippen LogP contribution in [0.2, 0.25) is 0 Å². The second kappa shape index (κ2) is 7.33. The maximum Gasteiger partial charge on any atom is 0.387 e. The van der Waals surface area contributed by atoms with Crippen molar-refractivity contribution in [3.05, 3.63) is 54.6 Å². The summed E-state index contributed by atoms with van der Waals surface area (Å²) in [6.07, 6.45) is 0. The maximum atomic E-state index is 12.0. The molecule has 106 valence electrons. The molecule has 0 bridgehead atoms. The van der Waals surface area contributed by atoms with Crippen molar-refractivity contribution in [3.63, 3.8) is 0 Å². The summed E-state index contributed by atoms with van der Waals surface area (Å²) < 4.78 is 33.7. The van der Waals surface area contributed by atoms with E-state index in [9.17, 15) is 8.78 Å². The van der Waals surface area contributed by atoms with Crippen LogP contribution in [-0.4, -0.2) is 19.8 Å². The highest BCUT2D eigenvalue weighted by Crippen LogP contribution is 2.17. The van der Waals surface area contributed by atoms with Gasteiger partial charge in [-0.3, -0.25) is 0 Å². The van der Waals surface area contributed by atoms with Crippen molar-refractivity contribution < 1.29 is 18.3 Å². The largest absolute Gasteiger partial charge is 0.492 e. The molecule has 0 saturated carbocycles. The number of benzene rings is 2. The van der Waals surface area contributed by atoms with E-state index in [4.69, 9.17) is 4.74 Å². The van der Waals surface area contributed by atoms with Crippen LogP contribution >= 0.6 is 0 Å². The van der Waals surface area contributed by atoms with E-state index in [1.54, 1.807) is 12.1 Å². The summed E-state index contributed by atoms with van der Waals surface area (Å²) in [7, 11) is 0. The Hall–Kier alpha value is -2.30. The van der Waals surface area contributed by atoms with Gasteiger partial charge in [-0.05, 0) is 36.4 Å². The van der Waals surface area contributed by atoms with Crippen molar-refractivity contribution in [2.75, 3.05) is 18.5 Å². The number of hydrogen-bond acceptors (Lipinski definition) is 3. The molecule has 2 aromatic rings. The van der Waals surface area contributed by atoms with E-state index in [2.05, 4.69) is 10.1 Å². The molecule has 0 amide bonds. The van der Waals surface area contributed by atoms with Crippen LogP contribution in [0.25, 0.3) is 0 Å². The normalized spacial score (nSPS) is 10.3. The lowest BCUT2D eigenvalue weighted by atomic mass is 10.3. The van der Waals surface area contributed by atoms with Gasteiger partial charge in [-0.1, -0.05) is 18.2 Å². The highest BCUT2D eigenvalue weighted by atomic mass is 19.3. The Kier molecular flexibility index (Phi) is 5.17. The molecule has 20 heavy (non-hydrogen) atoms. The standard InChI is InChI=1S/C15H15F2NO2/c16-15(17)20-14-8-6-12(7-9-14)18-10-11-19-13-4-2-1-3-5-13/h1-9,15,18H,10-11H2. The van der Waals surface area contributed by atoms with Gasteiger partial charge in [0.1, 0.15) is 18.1 Å². The summed E-state index contributed by atoms with van der Waals surface area (Å²) >= 11 is 0. The van der Waals surface area contributed by atoms with Gasteiger partial charge in [-0.2, -0.15) is 8.78 Å². The fourth-order valence-corrected chi connectivity index (χ4v) is 1.64. The predicted octanol–water partition coefficient (Wildman–Crippen LogP) is 3.78. The molecule has 0 aliphatic rings. The number of rotatable bonds is 7. The maximum absolute atomic E-state index is 12.0. The third-order valence-corrected chi connectivity index (χ3v) is 2.52. The van der Waals surface area contributed by atoms with Crippen LogP contribution in [0, 0.1) is 0 Å². The lowest BCUT2D eigenvalue weighted by Gasteiger charge is -2.09. The van der Waals surface area contributed by atoms with E-state index >= 15 is 0 Å². The highest BCUT2D eigenvalue weighted by molar-refractivity contribution is 5.46. The number of para-hydroxylation sites is 1. The topological polar surface area (TPSA) is 30.5 Å². The summed E-state index contributed by atoms with van der Waals surface area (Å²) in [4.78, 5) is 0. The lowest BCUT2D eigenvalue weighted by Crippen LogP contribution is -2.11. The zero-order valence-electron chi connectivity index (χ0n) is 10.8. The molecule has 0 atom stereocenters. The molecule has 0 aliphatic carbocycles. The van der Waals surface area contributed by atoms with E-state index in [-0.39, 0.29) is 5.75 Å². The number of halogens is 2. The Bertz CT molecular complexity index is 503. The number of nitrogens with one attached hydrogen (secondary N) is 1. The lowest BCUT2D eigenvalue weighted by molar-refractivity contribution is -0.0498. The van der Waals surface area contributed by atoms with Crippen molar-refractivity contribution in [2.45, 2.75) is 6.61 Å². The summed E-state index contributed by atoms with van der Waals surface area (Å²) in [5, 5.41) is 3.13. The first-order valence-corrected chi connectivity index (χ1v) is 6.20. The summed E-state index contributed by atoms with van der Waals surface area (Å²) in [5.41, 5.74) is 0.822. The second-order valence-corrected chi connectivity index (χ2v) is 3.99. The van der Waals surface area contributed by atoms with Crippen LogP contribution < -0.4 is 14.8 Å². The molecule has 3 nitrogen and oxygen atoms in total. The molecule has 0 radical (unpaired) electrons. The fourth-order valence-electron chi connectivity index (χ4n) is 1.64. The minimum Gasteiger partial charge on any atom is -0.492 e. The van der Waals surface area contributed by atoms with Crippen molar-refractivity contribution in [3.8, 4) is 11.5 Å². The van der Waals surface area contributed by atoms with Crippen LogP contribution in [0.3, 0.4) is 0 Å². The van der Waals surface area contributed by atoms with E-state index in [0.717, 1.165) is 11.4 Å². The number of anilines is 1. The van der Waals surface area contributed by atoms with Crippen molar-refractivity contribution in [1.29, 1.82) is 0 Å². The highest BCUT2D eigenvalue weighted by Gasteiger charge is 2.03. The predicted molar refractivity (Wildman–Crippen MR) is 73.5 cm³/mol. The molecular formula is C15H15F2NO2. The fraction of sp³-hybridized carbons (Fsp3) is 0.200. The van der Waals surface area contributed by atoms with Gasteiger partial charge in [0.2, 0.25) is 0 Å². The third-order valence-electron chi connectivity index (χ3n) is 2.52. The molecule has 0 unspecified atom stereocenters. The monoisotopic (exact) mass is 279 g/mol. The zero-order valence-corrected chi connectivity index (χ0v) is 10.8. The van der Waals surface area contributed by atoms with Gasteiger partial charge in [0.15, 0.2) is 0 Å². The molecule has 5 heteroatoms. The first-order chi connectivity index (χ1) is 9.74. The van der Waals surface area contributed by atoms with Crippen LogP contribution in [0.15, 0.2) is 54.6 Å². The van der Waals surface area contributed by atoms with Gasteiger partial charge in [0.25, 0.3) is 0 Å². The Balaban J connectivity index is 1.71. The Labute approximate surface area is 116 Å². The van der Waals surface area contributed by atoms with Gasteiger partial charge in [-0.15, -0.1) is 0 Å². The van der Waals surface area contributed by atoms with Crippen molar-refractivity contribution in [1.82, 2.24) is 0 Å². The van der Waals surface area contributed by atoms with Crippen LogP contribution in [0.1, 0.15) is 0 Å². The van der Waals surface area contributed by atoms with Crippen LogP contribution in [0.4, 0.5) is 14.5 Å². The first-order valence-electron chi connectivity index (χ1n) is 6.20. The van der Waals surface area contributed by atoms with E-state index in [1.165, 1.54) is 12.1 Å². The van der Waals surface area contributed by atoms with Crippen LogP contribution in [-0.2, 0) is 0 Å². The van der Waals surface area contributed by atoms with Crippen LogP contribution in [0.5, 0.6) is 11.5 Å². The summed E-state index contributed by atoms with van der Waals surface area (Å²) in [6.45, 7) is -1.67. The van der Waals surface area contributed by atoms with E-state index in [1.807, 2.05) is 30.3 Å². The van der Waals surface area contributed by atoms with Gasteiger partial charge < -0.3 is 14.8 Å². The molecule has 0 aromatic heterocycles. The molecule has 0 saturated heterocycles. The van der Waals surface area contributed by atoms with E-state index in [0.29, 0.717) is 13.2 Å². The van der Waals surface area contributed by atoms with Gasteiger partial charge in [0, 0.05) is 12.2 Å². The van der Waals surface area contributed by atoms with Gasteiger partial charge in [0.05, 0.1) is 0 Å². The van der Waals surface area contributed by atoms with Gasteiger partial charge in [-0.25, -0.2) is 0 Å². The molecule has 2 rings (SSSR count). The van der Waals surface area contributed by atoms with Crippen molar-refractivity contribution >= 4 is 5.69 Å². The smallest absolute Gasteiger partial charge is 0.387 e. The van der Waals surface area contributed by atoms with Gasteiger partial charge >= 0.3 is 6.61 Å². The minimum atomic E-state index is -2.80. The second-order valence-electron chi connectivity index (χ2n) is 3.99. The van der Waals surface area contributed by atoms with E-state index < -0.39 is 6.61 Å². The Morgan fingerprint density at radius 3 is 2.25 bits per heavy atom. The number of hydrogen-bond donors (Lipinski definition) is 1.